The van der Waals surface area contributed by atoms with Crippen molar-refractivity contribution in [3.63, 3.8) is 0 Å². The van der Waals surface area contributed by atoms with Gasteiger partial charge in [-0.2, -0.15) is 0 Å². The molecule has 0 aliphatic carbocycles. The summed E-state index contributed by atoms with van der Waals surface area (Å²) < 4.78 is 16.4. The van der Waals surface area contributed by atoms with E-state index in [9.17, 15) is 9.36 Å². The van der Waals surface area contributed by atoms with Gasteiger partial charge in [-0.15, -0.1) is 0 Å². The molecule has 0 aliphatic rings. The highest BCUT2D eigenvalue weighted by Gasteiger charge is 2.07. The van der Waals surface area contributed by atoms with Crippen LogP contribution in [-0.4, -0.2) is 12.9 Å². The topological polar surface area (TPSA) is 43.4 Å². The Kier molecular flexibility index (Phi) is 7.56. The zero-order valence-electron chi connectivity index (χ0n) is 11.7. The fourth-order valence-corrected chi connectivity index (χ4v) is 2.56. The second-order valence-corrected chi connectivity index (χ2v) is 5.48. The molecule has 2 aromatic carbocycles. The minimum absolute atomic E-state index is 0.394. The molecule has 0 amide bonds. The van der Waals surface area contributed by atoms with Crippen molar-refractivity contribution >= 4 is 19.6 Å². The van der Waals surface area contributed by atoms with Crippen molar-refractivity contribution in [1.82, 2.24) is 0 Å². The van der Waals surface area contributed by atoms with Crippen LogP contribution in [-0.2, 0) is 9.09 Å². The number of carbonyl (C=O) groups is 1. The van der Waals surface area contributed by atoms with Crippen LogP contribution in [0.3, 0.4) is 0 Å². The lowest BCUT2D eigenvalue weighted by molar-refractivity contribution is 0.112. The van der Waals surface area contributed by atoms with E-state index in [-0.39, 0.29) is 0 Å². The van der Waals surface area contributed by atoms with E-state index < -0.39 is 8.03 Å². The van der Waals surface area contributed by atoms with Crippen LogP contribution in [0, 0.1) is 6.92 Å². The first kappa shape index (κ1) is 16.4. The van der Waals surface area contributed by atoms with Gasteiger partial charge in [-0.25, -0.2) is 0 Å². The summed E-state index contributed by atoms with van der Waals surface area (Å²) in [6, 6.07) is 17.0. The lowest BCUT2D eigenvalue weighted by Crippen LogP contribution is -2.05. The molecule has 0 aromatic heterocycles. The maximum absolute atomic E-state index is 11.4. The average Bonchev–Trinajstić information content (AvgIpc) is 2.49. The summed E-state index contributed by atoms with van der Waals surface area (Å²) >= 11 is 0. The summed E-state index contributed by atoms with van der Waals surface area (Å²) in [5.41, 5.74) is 1.77. The highest BCUT2D eigenvalue weighted by Crippen LogP contribution is 2.22. The Labute approximate surface area is 120 Å². The normalized spacial score (nSPS) is 11.1. The summed E-state index contributed by atoms with van der Waals surface area (Å²) in [4.78, 5) is 10.6. The fourth-order valence-electron chi connectivity index (χ4n) is 1.53. The number of hydrogen-bond acceptors (Lipinski definition) is 3. The predicted octanol–water partition coefficient (Wildman–Crippen LogP) is 3.63. The van der Waals surface area contributed by atoms with Crippen LogP contribution in [0.5, 0.6) is 0 Å². The zero-order valence-corrected chi connectivity index (χ0v) is 12.7. The van der Waals surface area contributed by atoms with E-state index in [0.717, 1.165) is 0 Å². The monoisotopic (exact) mass is 290 g/mol. The smallest absolute Gasteiger partial charge is 0.221 e. The lowest BCUT2D eigenvalue weighted by atomic mass is 10.2. The Balaban J connectivity index is 0.000000240. The number of rotatable bonds is 4. The highest BCUT2D eigenvalue weighted by atomic mass is 31.1. The van der Waals surface area contributed by atoms with Crippen molar-refractivity contribution < 1.29 is 13.9 Å². The van der Waals surface area contributed by atoms with E-state index in [1.54, 1.807) is 31.2 Å². The zero-order chi connectivity index (χ0) is 14.8. The second-order valence-electron chi connectivity index (χ2n) is 4.08. The van der Waals surface area contributed by atoms with E-state index in [4.69, 9.17) is 4.52 Å². The maximum Gasteiger partial charge on any atom is 0.221 e. The SMILES string of the molecule is CCO[PH](=O)c1ccccc1C=O.Cc1ccccc1. The Hall–Kier alpha value is -1.70. The molecule has 1 atom stereocenters. The standard InChI is InChI=1S/C9H11O3P.C7H8/c1-2-12-13(11)9-6-4-3-5-8(9)7-10;1-7-5-3-2-4-6-7/h3-7,13H,2H2,1H3;2-6H,1H3. The molecule has 0 fully saturated rings. The van der Waals surface area contributed by atoms with Gasteiger partial charge >= 0.3 is 0 Å². The molecule has 4 heteroatoms. The minimum Gasteiger partial charge on any atom is -0.328 e. The predicted molar refractivity (Wildman–Crippen MR) is 83.3 cm³/mol. The van der Waals surface area contributed by atoms with E-state index in [0.29, 0.717) is 23.8 Å². The first-order chi connectivity index (χ1) is 9.69. The van der Waals surface area contributed by atoms with Gasteiger partial charge in [-0.3, -0.25) is 9.36 Å². The van der Waals surface area contributed by atoms with Crippen molar-refractivity contribution in [3.05, 3.63) is 65.7 Å². The van der Waals surface area contributed by atoms with Gasteiger partial charge in [0.1, 0.15) is 0 Å². The van der Waals surface area contributed by atoms with Crippen LogP contribution in [0.15, 0.2) is 54.6 Å². The van der Waals surface area contributed by atoms with Crippen LogP contribution in [0.25, 0.3) is 0 Å². The molecule has 1 unspecified atom stereocenters. The number of hydrogen-bond donors (Lipinski definition) is 0. The second kappa shape index (κ2) is 9.24. The van der Waals surface area contributed by atoms with Crippen LogP contribution in [0.1, 0.15) is 22.8 Å². The van der Waals surface area contributed by atoms with Gasteiger partial charge in [0.15, 0.2) is 6.29 Å². The van der Waals surface area contributed by atoms with E-state index >= 15 is 0 Å². The number of aryl methyl sites for hydroxylation is 1. The summed E-state index contributed by atoms with van der Waals surface area (Å²) in [5, 5.41) is 0.504. The molecule has 106 valence electrons. The van der Waals surface area contributed by atoms with Crippen molar-refractivity contribution in [2.45, 2.75) is 13.8 Å². The summed E-state index contributed by atoms with van der Waals surface area (Å²) in [5.74, 6) is 0. The molecule has 0 heterocycles. The molecule has 0 bridgehead atoms. The molecule has 20 heavy (non-hydrogen) atoms. The molecule has 2 rings (SSSR count). The van der Waals surface area contributed by atoms with Crippen molar-refractivity contribution in [2.75, 3.05) is 6.61 Å². The van der Waals surface area contributed by atoms with Crippen molar-refractivity contribution in [1.29, 1.82) is 0 Å². The first-order valence-electron chi connectivity index (χ1n) is 6.42. The molecule has 0 radical (unpaired) electrons. The summed E-state index contributed by atoms with van der Waals surface area (Å²) in [6.45, 7) is 4.25. The molecular formula is C16H19O3P. The Morgan fingerprint density at radius 1 is 1.05 bits per heavy atom. The first-order valence-corrected chi connectivity index (χ1v) is 7.73. The maximum atomic E-state index is 11.4. The highest BCUT2D eigenvalue weighted by molar-refractivity contribution is 7.48. The third kappa shape index (κ3) is 5.52. The molecule has 3 nitrogen and oxygen atoms in total. The third-order valence-corrected chi connectivity index (χ3v) is 3.97. The van der Waals surface area contributed by atoms with Crippen molar-refractivity contribution in [3.8, 4) is 0 Å². The Morgan fingerprint density at radius 2 is 1.65 bits per heavy atom. The van der Waals surface area contributed by atoms with E-state index in [2.05, 4.69) is 19.1 Å². The fraction of sp³-hybridized carbons (Fsp3) is 0.188. The number of carbonyl (C=O) groups excluding carboxylic acids is 1. The summed E-state index contributed by atoms with van der Waals surface area (Å²) in [7, 11) is -2.24. The molecule has 0 saturated heterocycles. The van der Waals surface area contributed by atoms with Gasteiger partial charge in [0, 0.05) is 10.9 Å². The van der Waals surface area contributed by atoms with Crippen LogP contribution in [0.4, 0.5) is 0 Å². The van der Waals surface area contributed by atoms with E-state index in [1.807, 2.05) is 18.2 Å². The van der Waals surface area contributed by atoms with Gasteiger partial charge in [-0.05, 0) is 19.9 Å². The van der Waals surface area contributed by atoms with Gasteiger partial charge in [0.2, 0.25) is 8.03 Å². The number of benzene rings is 2. The number of aldehydes is 1. The van der Waals surface area contributed by atoms with Crippen LogP contribution in [0.2, 0.25) is 0 Å². The molecule has 0 saturated carbocycles. The molecular weight excluding hydrogens is 271 g/mol. The largest absolute Gasteiger partial charge is 0.328 e. The van der Waals surface area contributed by atoms with Crippen LogP contribution >= 0.6 is 8.03 Å². The van der Waals surface area contributed by atoms with Gasteiger partial charge < -0.3 is 4.52 Å². The lowest BCUT2D eigenvalue weighted by Gasteiger charge is -2.03. The molecule has 2 aromatic rings. The Bertz CT molecular complexity index is 553. The van der Waals surface area contributed by atoms with Gasteiger partial charge in [0.05, 0.1) is 6.61 Å². The van der Waals surface area contributed by atoms with Gasteiger partial charge in [0.25, 0.3) is 0 Å². The molecule has 0 spiro atoms. The molecule has 0 aliphatic heterocycles. The van der Waals surface area contributed by atoms with Crippen LogP contribution < -0.4 is 5.30 Å². The van der Waals surface area contributed by atoms with Gasteiger partial charge in [-0.1, -0.05) is 54.1 Å². The quantitative estimate of drug-likeness (QED) is 0.638. The summed E-state index contributed by atoms with van der Waals surface area (Å²) in [6.07, 6.45) is 0.691. The third-order valence-electron chi connectivity index (χ3n) is 2.52. The minimum atomic E-state index is -2.24. The Morgan fingerprint density at radius 3 is 2.15 bits per heavy atom. The molecule has 0 N–H and O–H groups in total. The van der Waals surface area contributed by atoms with E-state index in [1.165, 1.54) is 5.56 Å². The average molecular weight is 290 g/mol. The van der Waals surface area contributed by atoms with Crippen molar-refractivity contribution in [2.24, 2.45) is 0 Å².